The largest absolute Gasteiger partial charge is 0.377 e. The molecule has 2 aromatic rings. The molecule has 1 aromatic carbocycles. The molecule has 2 saturated heterocycles. The van der Waals surface area contributed by atoms with E-state index in [9.17, 15) is 0 Å². The van der Waals surface area contributed by atoms with Gasteiger partial charge in [0.15, 0.2) is 0 Å². The molecule has 3 heterocycles. The summed E-state index contributed by atoms with van der Waals surface area (Å²) in [6.07, 6.45) is 3.75. The van der Waals surface area contributed by atoms with Gasteiger partial charge in [0, 0.05) is 45.0 Å². The van der Waals surface area contributed by atoms with Crippen molar-refractivity contribution in [3.63, 3.8) is 0 Å². The molecule has 8 heteroatoms. The molecule has 4 rings (SSSR count). The van der Waals surface area contributed by atoms with Gasteiger partial charge < -0.3 is 15.8 Å². The van der Waals surface area contributed by atoms with Crippen LogP contribution < -0.4 is 11.1 Å². The van der Waals surface area contributed by atoms with Gasteiger partial charge in [0.05, 0.1) is 12.6 Å². The van der Waals surface area contributed by atoms with Gasteiger partial charge in [-0.2, -0.15) is 15.0 Å². The van der Waals surface area contributed by atoms with Crippen molar-refractivity contribution in [3.8, 4) is 0 Å². The number of nitrogens with zero attached hydrogens (tertiary/aromatic N) is 5. The van der Waals surface area contributed by atoms with Gasteiger partial charge in [0.25, 0.3) is 0 Å². The number of anilines is 3. The van der Waals surface area contributed by atoms with Crippen molar-refractivity contribution in [3.05, 3.63) is 35.7 Å². The first-order valence-corrected chi connectivity index (χ1v) is 10.6. The lowest BCUT2D eigenvalue weighted by Gasteiger charge is -2.35. The standard InChI is InChI=1S/C21H31N7O/c1-2-16-6-3-4-8-18(16)23-21-25-19(24-20(22)26-21)15-28-11-9-27(10-12-28)14-17-7-5-13-29-17/h3-4,6,8,17H,2,5,7,9-15H2,1H3,(H3,22,23,24,25,26)/t17-/m1/s1. The highest BCUT2D eigenvalue weighted by molar-refractivity contribution is 5.58. The van der Waals surface area contributed by atoms with Gasteiger partial charge in [-0.3, -0.25) is 9.80 Å². The highest BCUT2D eigenvalue weighted by atomic mass is 16.5. The first-order chi connectivity index (χ1) is 14.2. The van der Waals surface area contributed by atoms with Crippen LogP contribution in [0.5, 0.6) is 0 Å². The number of aromatic nitrogens is 3. The zero-order valence-electron chi connectivity index (χ0n) is 17.2. The predicted octanol–water partition coefficient (Wildman–Crippen LogP) is 2.06. The quantitative estimate of drug-likeness (QED) is 0.733. The Labute approximate surface area is 172 Å². The number of hydrogen-bond donors (Lipinski definition) is 2. The summed E-state index contributed by atoms with van der Waals surface area (Å²) in [5.74, 6) is 1.47. The molecule has 1 atom stereocenters. The average Bonchev–Trinajstić information content (AvgIpc) is 3.22. The minimum absolute atomic E-state index is 0.253. The van der Waals surface area contributed by atoms with Gasteiger partial charge >= 0.3 is 0 Å². The molecule has 29 heavy (non-hydrogen) atoms. The van der Waals surface area contributed by atoms with Gasteiger partial charge in [-0.15, -0.1) is 0 Å². The van der Waals surface area contributed by atoms with Crippen LogP contribution in [0.3, 0.4) is 0 Å². The molecule has 1 aromatic heterocycles. The van der Waals surface area contributed by atoms with E-state index in [0.717, 1.165) is 51.4 Å². The van der Waals surface area contributed by atoms with Crippen molar-refractivity contribution in [2.24, 2.45) is 0 Å². The Morgan fingerprint density at radius 3 is 2.66 bits per heavy atom. The summed E-state index contributed by atoms with van der Waals surface area (Å²) < 4.78 is 5.77. The fourth-order valence-corrected chi connectivity index (χ4v) is 4.04. The van der Waals surface area contributed by atoms with E-state index >= 15 is 0 Å². The Morgan fingerprint density at radius 1 is 1.10 bits per heavy atom. The van der Waals surface area contributed by atoms with Crippen molar-refractivity contribution in [2.75, 3.05) is 50.4 Å². The molecule has 0 unspecified atom stereocenters. The minimum Gasteiger partial charge on any atom is -0.377 e. The first-order valence-electron chi connectivity index (χ1n) is 10.6. The lowest BCUT2D eigenvalue weighted by Crippen LogP contribution is -2.48. The summed E-state index contributed by atoms with van der Waals surface area (Å²) in [5, 5.41) is 3.31. The molecule has 0 spiro atoms. The van der Waals surface area contributed by atoms with Crippen molar-refractivity contribution < 1.29 is 4.74 Å². The zero-order valence-corrected chi connectivity index (χ0v) is 17.2. The Bertz CT molecular complexity index is 801. The SMILES string of the molecule is CCc1ccccc1Nc1nc(N)nc(CN2CCN(C[C@H]3CCCO3)CC2)n1. The normalized spacial score (nSPS) is 20.8. The average molecular weight is 398 g/mol. The number of piperazine rings is 1. The maximum absolute atomic E-state index is 5.96. The van der Waals surface area contributed by atoms with Gasteiger partial charge in [-0.1, -0.05) is 25.1 Å². The molecule has 0 aliphatic carbocycles. The van der Waals surface area contributed by atoms with Crippen LogP contribution in [0.1, 0.15) is 31.2 Å². The van der Waals surface area contributed by atoms with Crippen LogP contribution >= 0.6 is 0 Å². The molecule has 2 aliphatic heterocycles. The second-order valence-electron chi connectivity index (χ2n) is 7.78. The van der Waals surface area contributed by atoms with Crippen LogP contribution in [-0.4, -0.2) is 70.2 Å². The fourth-order valence-electron chi connectivity index (χ4n) is 4.04. The summed E-state index contributed by atoms with van der Waals surface area (Å²) in [6.45, 7) is 8.89. The summed E-state index contributed by atoms with van der Waals surface area (Å²) >= 11 is 0. The zero-order chi connectivity index (χ0) is 20.1. The topological polar surface area (TPSA) is 92.4 Å². The number of nitrogens with two attached hydrogens (primary N) is 1. The number of benzene rings is 1. The number of ether oxygens (including phenoxy) is 1. The van der Waals surface area contributed by atoms with Gasteiger partial charge in [0.1, 0.15) is 5.82 Å². The number of rotatable bonds is 7. The van der Waals surface area contributed by atoms with E-state index in [0.29, 0.717) is 24.4 Å². The second kappa shape index (κ2) is 9.47. The van der Waals surface area contributed by atoms with E-state index in [4.69, 9.17) is 10.5 Å². The van der Waals surface area contributed by atoms with Crippen molar-refractivity contribution in [1.82, 2.24) is 24.8 Å². The molecule has 0 saturated carbocycles. The van der Waals surface area contributed by atoms with E-state index in [2.05, 4.69) is 43.1 Å². The maximum Gasteiger partial charge on any atom is 0.232 e. The summed E-state index contributed by atoms with van der Waals surface area (Å²) in [6, 6.07) is 8.18. The van der Waals surface area contributed by atoms with E-state index in [-0.39, 0.29) is 5.95 Å². The smallest absolute Gasteiger partial charge is 0.232 e. The van der Waals surface area contributed by atoms with Crippen LogP contribution in [0.25, 0.3) is 0 Å². The monoisotopic (exact) mass is 397 g/mol. The third-order valence-electron chi connectivity index (χ3n) is 5.66. The Hall–Kier alpha value is -2.29. The van der Waals surface area contributed by atoms with Crippen LogP contribution in [0, 0.1) is 0 Å². The molecule has 2 fully saturated rings. The molecule has 156 valence electrons. The molecular formula is C21H31N7O. The number of para-hydroxylation sites is 1. The lowest BCUT2D eigenvalue weighted by molar-refractivity contribution is 0.0484. The summed E-state index contributed by atoms with van der Waals surface area (Å²) in [7, 11) is 0. The Balaban J connectivity index is 1.34. The lowest BCUT2D eigenvalue weighted by atomic mass is 10.1. The minimum atomic E-state index is 0.253. The molecule has 2 aliphatic rings. The van der Waals surface area contributed by atoms with Crippen molar-refractivity contribution >= 4 is 17.6 Å². The van der Waals surface area contributed by atoms with Crippen LogP contribution in [-0.2, 0) is 17.7 Å². The number of aryl methyl sites for hydroxylation is 1. The van der Waals surface area contributed by atoms with E-state index in [1.54, 1.807) is 0 Å². The third kappa shape index (κ3) is 5.41. The molecule has 3 N–H and O–H groups in total. The Morgan fingerprint density at radius 2 is 1.90 bits per heavy atom. The van der Waals surface area contributed by atoms with E-state index in [1.165, 1.54) is 18.4 Å². The Kier molecular flexibility index (Phi) is 6.53. The van der Waals surface area contributed by atoms with Crippen LogP contribution in [0.4, 0.5) is 17.6 Å². The summed E-state index contributed by atoms with van der Waals surface area (Å²) in [4.78, 5) is 18.1. The van der Waals surface area contributed by atoms with Crippen molar-refractivity contribution in [1.29, 1.82) is 0 Å². The highest BCUT2D eigenvalue weighted by Gasteiger charge is 2.23. The predicted molar refractivity (Wildman–Crippen MR) is 114 cm³/mol. The highest BCUT2D eigenvalue weighted by Crippen LogP contribution is 2.20. The first kappa shape index (κ1) is 20.0. The van der Waals surface area contributed by atoms with Crippen LogP contribution in [0.15, 0.2) is 24.3 Å². The van der Waals surface area contributed by atoms with Gasteiger partial charge in [0.2, 0.25) is 11.9 Å². The molecule has 0 bridgehead atoms. The molecule has 8 nitrogen and oxygen atoms in total. The van der Waals surface area contributed by atoms with E-state index < -0.39 is 0 Å². The number of nitrogens with one attached hydrogen (secondary N) is 1. The molecule has 0 radical (unpaired) electrons. The number of nitrogen functional groups attached to an aromatic ring is 1. The van der Waals surface area contributed by atoms with Crippen molar-refractivity contribution in [2.45, 2.75) is 38.8 Å². The van der Waals surface area contributed by atoms with Crippen LogP contribution in [0.2, 0.25) is 0 Å². The van der Waals surface area contributed by atoms with Gasteiger partial charge in [-0.05, 0) is 30.9 Å². The second-order valence-corrected chi connectivity index (χ2v) is 7.78. The molecular weight excluding hydrogens is 366 g/mol. The third-order valence-corrected chi connectivity index (χ3v) is 5.66. The maximum atomic E-state index is 5.96. The number of hydrogen-bond acceptors (Lipinski definition) is 8. The molecule has 0 amide bonds. The van der Waals surface area contributed by atoms with Gasteiger partial charge in [-0.25, -0.2) is 0 Å². The fraction of sp³-hybridized carbons (Fsp3) is 0.571. The van der Waals surface area contributed by atoms with E-state index in [1.807, 2.05) is 18.2 Å². The summed E-state index contributed by atoms with van der Waals surface area (Å²) in [5.41, 5.74) is 8.19.